The maximum atomic E-state index is 9.95. The number of aliphatic hydroxyl groups excluding tert-OH is 3. The normalized spacial score (nSPS) is 31.1. The molecule has 3 heterocycles. The molecule has 8 nitrogen and oxygen atoms in total. The van der Waals surface area contributed by atoms with Crippen molar-refractivity contribution in [3.8, 4) is 5.88 Å². The van der Waals surface area contributed by atoms with Gasteiger partial charge >= 0.3 is 0 Å². The maximum Gasteiger partial charge on any atom is 0.223 e. The molecule has 2 aromatic rings. The topological polar surface area (TPSA) is 121 Å². The predicted octanol–water partition coefficient (Wildman–Crippen LogP) is -1.25. The molecular formula is C11H13N3O5. The van der Waals surface area contributed by atoms with Crippen LogP contribution in [0.4, 0.5) is 0 Å². The van der Waals surface area contributed by atoms with Crippen LogP contribution in [0.15, 0.2) is 18.6 Å². The van der Waals surface area contributed by atoms with Crippen LogP contribution in [-0.4, -0.2) is 59.9 Å². The molecule has 1 aliphatic rings. The Morgan fingerprint density at radius 1 is 1.26 bits per heavy atom. The number of aliphatic hydroxyl groups is 3. The van der Waals surface area contributed by atoms with Gasteiger partial charge in [0.25, 0.3) is 0 Å². The minimum absolute atomic E-state index is 0.171. The van der Waals surface area contributed by atoms with Crippen LogP contribution in [0.25, 0.3) is 11.0 Å². The second kappa shape index (κ2) is 4.42. The van der Waals surface area contributed by atoms with Crippen LogP contribution >= 0.6 is 0 Å². The standard InChI is InChI=1S/C11H13N3O5/c15-3-6-7(16)8(17)11(19-6)14-2-1-5-9(14)12-4-13-10(5)18/h1-2,4,6-8,11,15-17H,3H2,(H,12,13,18)/t6-,7-,8-,11-/m1/s1. The number of aromatic nitrogens is 3. The first-order chi connectivity index (χ1) is 9.13. The zero-order valence-corrected chi connectivity index (χ0v) is 9.79. The lowest BCUT2D eigenvalue weighted by Crippen LogP contribution is -2.33. The third-order valence-corrected chi connectivity index (χ3v) is 3.28. The first kappa shape index (κ1) is 12.3. The number of hydrogen-bond donors (Lipinski definition) is 4. The van der Waals surface area contributed by atoms with Crippen LogP contribution < -0.4 is 0 Å². The molecule has 19 heavy (non-hydrogen) atoms. The highest BCUT2D eigenvalue weighted by Gasteiger charge is 2.43. The van der Waals surface area contributed by atoms with E-state index in [0.29, 0.717) is 11.0 Å². The SMILES string of the molecule is OC[C@H]1O[C@@H](n2ccc3c(O)ncnc32)[C@H](O)[C@@H]1O. The Bertz CT molecular complexity index is 601. The van der Waals surface area contributed by atoms with E-state index in [0.717, 1.165) is 0 Å². The Hall–Kier alpha value is -1.74. The second-order valence-corrected chi connectivity index (χ2v) is 4.39. The first-order valence-corrected chi connectivity index (χ1v) is 5.76. The van der Waals surface area contributed by atoms with E-state index in [4.69, 9.17) is 9.84 Å². The van der Waals surface area contributed by atoms with Crippen LogP contribution in [0, 0.1) is 0 Å². The van der Waals surface area contributed by atoms with Crippen molar-refractivity contribution in [2.75, 3.05) is 6.61 Å². The maximum absolute atomic E-state index is 9.95. The summed E-state index contributed by atoms with van der Waals surface area (Å²) in [7, 11) is 0. The number of ether oxygens (including phenoxy) is 1. The fourth-order valence-corrected chi connectivity index (χ4v) is 2.27. The van der Waals surface area contributed by atoms with Gasteiger partial charge in [0, 0.05) is 6.20 Å². The van der Waals surface area contributed by atoms with Gasteiger partial charge in [0.05, 0.1) is 12.0 Å². The molecule has 1 saturated heterocycles. The molecule has 0 spiro atoms. The zero-order chi connectivity index (χ0) is 13.6. The molecule has 102 valence electrons. The Morgan fingerprint density at radius 2 is 2.05 bits per heavy atom. The monoisotopic (exact) mass is 267 g/mol. The molecule has 0 aliphatic carbocycles. The van der Waals surface area contributed by atoms with Gasteiger partial charge in [-0.1, -0.05) is 0 Å². The summed E-state index contributed by atoms with van der Waals surface area (Å²) in [6, 6.07) is 1.58. The molecule has 0 bridgehead atoms. The first-order valence-electron chi connectivity index (χ1n) is 5.76. The average Bonchev–Trinajstić information content (AvgIpc) is 2.94. The Balaban J connectivity index is 2.04. The molecule has 4 atom stereocenters. The summed E-state index contributed by atoms with van der Waals surface area (Å²) in [5.74, 6) is -0.171. The van der Waals surface area contributed by atoms with E-state index in [1.165, 1.54) is 10.9 Å². The molecule has 0 amide bonds. The van der Waals surface area contributed by atoms with Crippen LogP contribution in [0.5, 0.6) is 5.88 Å². The minimum atomic E-state index is -1.19. The molecule has 0 unspecified atom stereocenters. The molecule has 4 N–H and O–H groups in total. The van der Waals surface area contributed by atoms with Crippen molar-refractivity contribution in [1.29, 1.82) is 0 Å². The van der Waals surface area contributed by atoms with Crippen molar-refractivity contribution >= 4 is 11.0 Å². The predicted molar refractivity (Wildman–Crippen MR) is 62.2 cm³/mol. The number of rotatable bonds is 2. The van der Waals surface area contributed by atoms with Crippen molar-refractivity contribution < 1.29 is 25.2 Å². The quantitative estimate of drug-likeness (QED) is 0.536. The fraction of sp³-hybridized carbons (Fsp3) is 0.455. The van der Waals surface area contributed by atoms with Crippen molar-refractivity contribution in [3.63, 3.8) is 0 Å². The number of hydrogen-bond acceptors (Lipinski definition) is 7. The van der Waals surface area contributed by atoms with Crippen LogP contribution in [0.1, 0.15) is 6.23 Å². The van der Waals surface area contributed by atoms with Gasteiger partial charge in [-0.2, -0.15) is 0 Å². The van der Waals surface area contributed by atoms with Crippen molar-refractivity contribution in [1.82, 2.24) is 14.5 Å². The fourth-order valence-electron chi connectivity index (χ4n) is 2.27. The zero-order valence-electron chi connectivity index (χ0n) is 9.79. The smallest absolute Gasteiger partial charge is 0.223 e. The summed E-state index contributed by atoms with van der Waals surface area (Å²) in [6.45, 7) is -0.395. The van der Waals surface area contributed by atoms with Crippen LogP contribution in [0.2, 0.25) is 0 Å². The average molecular weight is 267 g/mol. The summed E-state index contributed by atoms with van der Waals surface area (Å²) in [6.07, 6.45) is -1.34. The molecule has 2 aromatic heterocycles. The number of nitrogens with zero attached hydrogens (tertiary/aromatic N) is 3. The number of fused-ring (bicyclic) bond motifs is 1. The van der Waals surface area contributed by atoms with Crippen LogP contribution in [0.3, 0.4) is 0 Å². The van der Waals surface area contributed by atoms with Gasteiger partial charge in [0.2, 0.25) is 5.88 Å². The van der Waals surface area contributed by atoms with E-state index in [1.54, 1.807) is 12.3 Å². The molecule has 0 radical (unpaired) electrons. The largest absolute Gasteiger partial charge is 0.493 e. The highest BCUT2D eigenvalue weighted by Crippen LogP contribution is 2.32. The lowest BCUT2D eigenvalue weighted by molar-refractivity contribution is -0.0508. The third-order valence-electron chi connectivity index (χ3n) is 3.28. The highest BCUT2D eigenvalue weighted by atomic mass is 16.6. The Morgan fingerprint density at radius 3 is 2.74 bits per heavy atom. The summed E-state index contributed by atoms with van der Waals surface area (Å²) >= 11 is 0. The van der Waals surface area contributed by atoms with Gasteiger partial charge in [-0.3, -0.25) is 0 Å². The second-order valence-electron chi connectivity index (χ2n) is 4.39. The summed E-state index contributed by atoms with van der Waals surface area (Å²) in [5, 5.41) is 38.7. The Labute approximate surface area is 107 Å². The Kier molecular flexibility index (Phi) is 2.86. The van der Waals surface area contributed by atoms with Gasteiger partial charge in [0.15, 0.2) is 6.23 Å². The van der Waals surface area contributed by atoms with E-state index in [9.17, 15) is 15.3 Å². The van der Waals surface area contributed by atoms with E-state index < -0.39 is 31.1 Å². The summed E-state index contributed by atoms with van der Waals surface area (Å²) < 4.78 is 6.88. The van der Waals surface area contributed by atoms with Gasteiger partial charge in [-0.05, 0) is 6.07 Å². The van der Waals surface area contributed by atoms with E-state index in [1.807, 2.05) is 0 Å². The highest BCUT2D eigenvalue weighted by molar-refractivity contribution is 5.80. The molecule has 8 heteroatoms. The van der Waals surface area contributed by atoms with Gasteiger partial charge < -0.3 is 29.7 Å². The van der Waals surface area contributed by atoms with Gasteiger partial charge in [-0.25, -0.2) is 9.97 Å². The van der Waals surface area contributed by atoms with Gasteiger partial charge in [-0.15, -0.1) is 0 Å². The van der Waals surface area contributed by atoms with Crippen molar-refractivity contribution in [3.05, 3.63) is 18.6 Å². The van der Waals surface area contributed by atoms with Gasteiger partial charge in [0.1, 0.15) is 30.3 Å². The van der Waals surface area contributed by atoms with E-state index in [2.05, 4.69) is 9.97 Å². The lowest BCUT2D eigenvalue weighted by atomic mass is 10.1. The van der Waals surface area contributed by atoms with E-state index in [-0.39, 0.29) is 5.88 Å². The summed E-state index contributed by atoms with van der Waals surface area (Å²) in [5.41, 5.74) is 0.377. The van der Waals surface area contributed by atoms with Crippen molar-refractivity contribution in [2.24, 2.45) is 0 Å². The van der Waals surface area contributed by atoms with Crippen LogP contribution in [-0.2, 0) is 4.74 Å². The lowest BCUT2D eigenvalue weighted by Gasteiger charge is -2.17. The molecule has 1 aliphatic heterocycles. The number of aromatic hydroxyl groups is 1. The molecule has 3 rings (SSSR count). The molecule has 0 aromatic carbocycles. The third kappa shape index (κ3) is 1.77. The molecule has 0 saturated carbocycles. The summed E-state index contributed by atoms with van der Waals surface area (Å²) in [4.78, 5) is 7.66. The molecule has 1 fully saturated rings. The minimum Gasteiger partial charge on any atom is -0.493 e. The van der Waals surface area contributed by atoms with E-state index >= 15 is 0 Å². The van der Waals surface area contributed by atoms with Crippen molar-refractivity contribution in [2.45, 2.75) is 24.5 Å². The molecular weight excluding hydrogens is 254 g/mol.